The molecular formula is C26H39N3O6S. The number of nitrogens with two attached hydrogens (primary N) is 1. The standard InChI is InChI=1S/C26H39N3O6S/c1-24(2,17-18-29(3)4)15-16-26(32,36(33,34)22-13-11-21(35-5)12-14-22)25(27,28-23(30)31)19-20-9-7-6-8-10-20/h6-14,28,32H,15-19,27H2,1-5H3,(H,30,31)/t25-,26+/m0/s1. The molecule has 36 heavy (non-hydrogen) atoms. The predicted octanol–water partition coefficient (Wildman–Crippen LogP) is 3.08. The van der Waals surface area contributed by atoms with Gasteiger partial charge in [0.25, 0.3) is 0 Å². The lowest BCUT2D eigenvalue weighted by molar-refractivity contribution is 0.00487. The molecule has 0 heterocycles. The molecule has 1 amide bonds. The third kappa shape index (κ3) is 6.97. The Bertz CT molecular complexity index is 1110. The molecule has 2 rings (SSSR count). The second-order valence-electron chi connectivity index (χ2n) is 10.2. The highest BCUT2D eigenvalue weighted by atomic mass is 32.2. The number of sulfone groups is 1. The molecule has 0 spiro atoms. The molecule has 200 valence electrons. The lowest BCUT2D eigenvalue weighted by atomic mass is 9.80. The molecule has 10 heteroatoms. The molecule has 0 aromatic heterocycles. The van der Waals surface area contributed by atoms with Gasteiger partial charge in [0.2, 0.25) is 14.8 Å². The molecule has 2 atom stereocenters. The van der Waals surface area contributed by atoms with Gasteiger partial charge in [-0.15, -0.1) is 0 Å². The van der Waals surface area contributed by atoms with E-state index in [1.165, 1.54) is 31.4 Å². The maximum absolute atomic E-state index is 14.0. The number of amides is 1. The second-order valence-corrected chi connectivity index (χ2v) is 12.4. The van der Waals surface area contributed by atoms with Crippen molar-refractivity contribution in [1.82, 2.24) is 10.2 Å². The van der Waals surface area contributed by atoms with Crippen molar-refractivity contribution < 1.29 is 28.2 Å². The fraction of sp³-hybridized carbons (Fsp3) is 0.500. The van der Waals surface area contributed by atoms with Crippen LogP contribution in [0.25, 0.3) is 0 Å². The van der Waals surface area contributed by atoms with E-state index in [0.29, 0.717) is 11.3 Å². The first-order valence-electron chi connectivity index (χ1n) is 11.8. The SMILES string of the molecule is COc1ccc(S(=O)(=O)[C@](O)(CCC(C)(C)CCN(C)C)[C@](N)(Cc2ccccc2)NC(=O)O)cc1. The van der Waals surface area contributed by atoms with E-state index in [4.69, 9.17) is 10.5 Å². The Morgan fingerprint density at radius 1 is 1.03 bits per heavy atom. The summed E-state index contributed by atoms with van der Waals surface area (Å²) in [5, 5.41) is 23.9. The van der Waals surface area contributed by atoms with Gasteiger partial charge in [-0.2, -0.15) is 0 Å². The Morgan fingerprint density at radius 3 is 2.11 bits per heavy atom. The van der Waals surface area contributed by atoms with Crippen LogP contribution in [0, 0.1) is 5.41 Å². The highest BCUT2D eigenvalue weighted by Gasteiger charge is 2.58. The molecule has 0 aliphatic carbocycles. The van der Waals surface area contributed by atoms with Crippen molar-refractivity contribution in [2.24, 2.45) is 11.1 Å². The molecule has 0 aliphatic rings. The molecule has 9 nitrogen and oxygen atoms in total. The van der Waals surface area contributed by atoms with Crippen molar-refractivity contribution in [3.8, 4) is 5.75 Å². The van der Waals surface area contributed by atoms with Crippen molar-refractivity contribution in [2.75, 3.05) is 27.7 Å². The first-order chi connectivity index (χ1) is 16.7. The van der Waals surface area contributed by atoms with Crippen LogP contribution >= 0.6 is 0 Å². The average molecular weight is 522 g/mol. The van der Waals surface area contributed by atoms with Gasteiger partial charge in [0, 0.05) is 6.42 Å². The summed E-state index contributed by atoms with van der Waals surface area (Å²) >= 11 is 0. The Balaban J connectivity index is 2.63. The lowest BCUT2D eigenvalue weighted by Gasteiger charge is -2.45. The predicted molar refractivity (Wildman–Crippen MR) is 140 cm³/mol. The van der Waals surface area contributed by atoms with Crippen LogP contribution in [0.15, 0.2) is 59.5 Å². The zero-order valence-corrected chi connectivity index (χ0v) is 22.5. The van der Waals surface area contributed by atoms with E-state index in [2.05, 4.69) is 5.32 Å². The number of carboxylic acid groups (broad SMARTS) is 1. The van der Waals surface area contributed by atoms with E-state index in [1.807, 2.05) is 32.8 Å². The molecule has 2 aromatic rings. The Hall–Kier alpha value is -2.66. The van der Waals surface area contributed by atoms with Crippen molar-refractivity contribution in [3.63, 3.8) is 0 Å². The minimum Gasteiger partial charge on any atom is -0.497 e. The number of nitrogens with one attached hydrogen (secondary N) is 1. The van der Waals surface area contributed by atoms with Crippen LogP contribution in [-0.2, 0) is 16.3 Å². The minimum absolute atomic E-state index is 0.188. The lowest BCUT2D eigenvalue weighted by Crippen LogP contribution is -2.74. The number of hydrogen-bond acceptors (Lipinski definition) is 7. The maximum Gasteiger partial charge on any atom is 0.406 e. The summed E-state index contributed by atoms with van der Waals surface area (Å²) in [6.45, 7) is 4.73. The number of carbonyl (C=O) groups is 1. The molecule has 0 bridgehead atoms. The van der Waals surface area contributed by atoms with Gasteiger partial charge in [0.1, 0.15) is 11.4 Å². The van der Waals surface area contributed by atoms with E-state index in [-0.39, 0.29) is 29.6 Å². The molecule has 0 unspecified atom stereocenters. The van der Waals surface area contributed by atoms with Gasteiger partial charge >= 0.3 is 6.09 Å². The van der Waals surface area contributed by atoms with E-state index in [1.54, 1.807) is 30.3 Å². The van der Waals surface area contributed by atoms with Crippen LogP contribution in [0.2, 0.25) is 0 Å². The quantitative estimate of drug-likeness (QED) is 0.295. The molecule has 0 aliphatic heterocycles. The molecule has 2 aromatic carbocycles. The summed E-state index contributed by atoms with van der Waals surface area (Å²) in [4.78, 5) is 11.0. The Labute approximate surface area is 214 Å². The van der Waals surface area contributed by atoms with Gasteiger partial charge in [0.05, 0.1) is 12.0 Å². The highest BCUT2D eigenvalue weighted by Crippen LogP contribution is 2.40. The zero-order valence-electron chi connectivity index (χ0n) is 21.7. The Morgan fingerprint density at radius 2 is 1.61 bits per heavy atom. The van der Waals surface area contributed by atoms with Crippen LogP contribution in [-0.4, -0.2) is 68.0 Å². The summed E-state index contributed by atoms with van der Waals surface area (Å²) in [7, 11) is 0.785. The highest BCUT2D eigenvalue weighted by molar-refractivity contribution is 7.92. The van der Waals surface area contributed by atoms with Crippen molar-refractivity contribution >= 4 is 15.9 Å². The van der Waals surface area contributed by atoms with Crippen molar-refractivity contribution in [1.29, 1.82) is 0 Å². The van der Waals surface area contributed by atoms with Gasteiger partial charge in [-0.1, -0.05) is 44.2 Å². The number of hydrogen-bond donors (Lipinski definition) is 4. The summed E-state index contributed by atoms with van der Waals surface area (Å²) < 4.78 is 33.2. The van der Waals surface area contributed by atoms with E-state index in [9.17, 15) is 23.4 Å². The molecule has 0 saturated heterocycles. The maximum atomic E-state index is 14.0. The van der Waals surface area contributed by atoms with Crippen LogP contribution in [0.3, 0.4) is 0 Å². The number of ether oxygens (including phenoxy) is 1. The minimum atomic E-state index is -4.56. The van der Waals surface area contributed by atoms with E-state index >= 15 is 0 Å². The fourth-order valence-corrected chi connectivity index (χ4v) is 5.95. The largest absolute Gasteiger partial charge is 0.497 e. The zero-order chi connectivity index (χ0) is 27.2. The van der Waals surface area contributed by atoms with Crippen LogP contribution in [0.4, 0.5) is 4.79 Å². The van der Waals surface area contributed by atoms with Gasteiger partial charge < -0.3 is 25.6 Å². The first kappa shape index (κ1) is 29.6. The average Bonchev–Trinajstić information content (AvgIpc) is 2.81. The molecule has 0 fully saturated rings. The van der Waals surface area contributed by atoms with Crippen LogP contribution in [0.1, 0.15) is 38.7 Å². The van der Waals surface area contributed by atoms with Gasteiger partial charge in [0.15, 0.2) is 0 Å². The van der Waals surface area contributed by atoms with Crippen LogP contribution in [0.5, 0.6) is 5.75 Å². The molecular weight excluding hydrogens is 482 g/mol. The third-order valence-electron chi connectivity index (χ3n) is 6.54. The van der Waals surface area contributed by atoms with Gasteiger partial charge in [-0.05, 0) is 75.1 Å². The van der Waals surface area contributed by atoms with Gasteiger partial charge in [-0.3, -0.25) is 5.32 Å². The topological polar surface area (TPSA) is 142 Å². The number of aliphatic hydroxyl groups is 1. The number of benzene rings is 2. The monoisotopic (exact) mass is 521 g/mol. The van der Waals surface area contributed by atoms with Crippen molar-refractivity contribution in [3.05, 3.63) is 60.2 Å². The third-order valence-corrected chi connectivity index (χ3v) is 8.89. The molecule has 5 N–H and O–H groups in total. The smallest absolute Gasteiger partial charge is 0.406 e. The molecule has 0 radical (unpaired) electrons. The summed E-state index contributed by atoms with van der Waals surface area (Å²) in [5.74, 6) is 0.439. The fourth-order valence-electron chi connectivity index (χ4n) is 4.09. The molecule has 0 saturated carbocycles. The summed E-state index contributed by atoms with van der Waals surface area (Å²) in [6.07, 6.45) is -1.05. The number of rotatable bonds is 13. The van der Waals surface area contributed by atoms with Crippen molar-refractivity contribution in [2.45, 2.75) is 55.0 Å². The summed E-state index contributed by atoms with van der Waals surface area (Å²) in [6, 6.07) is 14.2. The normalized spacial score (nSPS) is 15.7. The number of nitrogens with zero attached hydrogens (tertiary/aromatic N) is 1. The van der Waals surface area contributed by atoms with Crippen LogP contribution < -0.4 is 15.8 Å². The first-order valence-corrected chi connectivity index (χ1v) is 13.2. The number of methoxy groups -OCH3 is 1. The van der Waals surface area contributed by atoms with Gasteiger partial charge in [-0.25, -0.2) is 13.2 Å². The van der Waals surface area contributed by atoms with E-state index < -0.39 is 26.5 Å². The van der Waals surface area contributed by atoms with E-state index in [0.717, 1.165) is 13.0 Å². The second kappa shape index (κ2) is 11.6. The summed E-state index contributed by atoms with van der Waals surface area (Å²) in [5.41, 5.74) is 4.55. The Kier molecular flexibility index (Phi) is 9.52.